The standard InChI is InChI=1S/C28H33FN4O8/c1-10(2)7-33-8-13-19(29)12-5-11-6-14-21(32(3)4)24(37)18(27(30)40)26(39)28(14,41)25(38)16(11)22(35)17(12)23(36)20(13)31-15(34)9-33/h10-11,14,16,18,21,36,41H,5-9H2,1-4H3,(H2,30,40)(H,31,34)/t11-,14-,16?,18?,21-,28-/m0/s1. The Morgan fingerprint density at radius 3 is 2.39 bits per heavy atom. The topological polar surface area (TPSA) is 187 Å². The molecule has 13 heteroatoms. The SMILES string of the molecule is CC(C)CN1CC(=O)Nc2c(O)c3c(c(F)c2C1)C[C@H]1C[C@H]2[C@H](N(C)C)C(=O)C(C(N)=O)C(=O)[C@@]2(O)C(=O)C1C3=O. The van der Waals surface area contributed by atoms with E-state index in [0.29, 0.717) is 6.54 Å². The van der Waals surface area contributed by atoms with Crippen molar-refractivity contribution in [2.24, 2.45) is 35.3 Å². The number of hydrogen-bond donors (Lipinski definition) is 4. The Morgan fingerprint density at radius 2 is 1.80 bits per heavy atom. The third-order valence-corrected chi connectivity index (χ3v) is 8.90. The lowest BCUT2D eigenvalue weighted by Gasteiger charge is -2.52. The van der Waals surface area contributed by atoms with Gasteiger partial charge in [-0.15, -0.1) is 0 Å². The van der Waals surface area contributed by atoms with Crippen LogP contribution in [0.15, 0.2) is 0 Å². The molecule has 3 aliphatic carbocycles. The van der Waals surface area contributed by atoms with Crippen molar-refractivity contribution in [2.75, 3.05) is 32.5 Å². The van der Waals surface area contributed by atoms with Crippen LogP contribution in [-0.4, -0.2) is 93.8 Å². The number of phenols is 1. The largest absolute Gasteiger partial charge is 0.505 e. The van der Waals surface area contributed by atoms with Crippen molar-refractivity contribution in [1.29, 1.82) is 0 Å². The molecule has 1 heterocycles. The van der Waals surface area contributed by atoms with Crippen molar-refractivity contribution in [3.63, 3.8) is 0 Å². The molecular formula is C28H33FN4O8. The van der Waals surface area contributed by atoms with E-state index in [1.807, 2.05) is 13.8 Å². The second-order valence-corrected chi connectivity index (χ2v) is 12.3. The number of halogens is 1. The van der Waals surface area contributed by atoms with Crippen LogP contribution in [0.5, 0.6) is 5.75 Å². The Labute approximate surface area is 235 Å². The highest BCUT2D eigenvalue weighted by molar-refractivity contribution is 6.32. The van der Waals surface area contributed by atoms with E-state index < -0.39 is 87.4 Å². The summed E-state index contributed by atoms with van der Waals surface area (Å²) in [5.74, 6) is -13.6. The second kappa shape index (κ2) is 9.78. The van der Waals surface area contributed by atoms with E-state index in [0.717, 1.165) is 0 Å². The fourth-order valence-electron chi connectivity index (χ4n) is 7.34. The van der Waals surface area contributed by atoms with E-state index in [-0.39, 0.29) is 48.7 Å². The van der Waals surface area contributed by atoms with Crippen LogP contribution in [0.2, 0.25) is 0 Å². The lowest BCUT2D eigenvalue weighted by Crippen LogP contribution is -2.74. The minimum Gasteiger partial charge on any atom is -0.505 e. The third kappa shape index (κ3) is 4.12. The number of aliphatic hydroxyl groups is 1. The maximum atomic E-state index is 16.2. The number of amides is 2. The lowest BCUT2D eigenvalue weighted by atomic mass is 9.52. The highest BCUT2D eigenvalue weighted by Crippen LogP contribution is 2.52. The first-order valence-corrected chi connectivity index (χ1v) is 13.5. The Balaban J connectivity index is 1.63. The lowest BCUT2D eigenvalue weighted by molar-refractivity contribution is -0.181. The van der Waals surface area contributed by atoms with Crippen molar-refractivity contribution in [3.05, 3.63) is 22.5 Å². The monoisotopic (exact) mass is 572 g/mol. The predicted molar refractivity (Wildman–Crippen MR) is 140 cm³/mol. The number of rotatable bonds is 4. The molecule has 2 unspecified atom stereocenters. The average molecular weight is 573 g/mol. The molecule has 1 aromatic carbocycles. The quantitative estimate of drug-likeness (QED) is 0.268. The summed E-state index contributed by atoms with van der Waals surface area (Å²) < 4.78 is 16.2. The number of Topliss-reactive ketones (excluding diaryl/α,β-unsaturated/α-hetero) is 4. The van der Waals surface area contributed by atoms with Gasteiger partial charge in [0.15, 0.2) is 40.4 Å². The molecule has 0 bridgehead atoms. The van der Waals surface area contributed by atoms with Crippen LogP contribution in [0.25, 0.3) is 0 Å². The summed E-state index contributed by atoms with van der Waals surface area (Å²) in [4.78, 5) is 82.1. The Kier molecular flexibility index (Phi) is 6.91. The van der Waals surface area contributed by atoms with E-state index in [4.69, 9.17) is 5.73 Å². The van der Waals surface area contributed by atoms with E-state index in [1.54, 1.807) is 4.90 Å². The summed E-state index contributed by atoms with van der Waals surface area (Å²) in [7, 11) is 2.97. The zero-order chi connectivity index (χ0) is 30.3. The van der Waals surface area contributed by atoms with Crippen molar-refractivity contribution in [3.8, 4) is 5.75 Å². The average Bonchev–Trinajstić information content (AvgIpc) is 3.02. The van der Waals surface area contributed by atoms with Crippen LogP contribution in [0, 0.1) is 35.4 Å². The number of carbonyl (C=O) groups excluding carboxylic acids is 6. The molecule has 12 nitrogen and oxygen atoms in total. The molecule has 1 aliphatic heterocycles. The summed E-state index contributed by atoms with van der Waals surface area (Å²) in [6.45, 7) is 4.28. The molecule has 4 aliphatic rings. The first-order chi connectivity index (χ1) is 19.1. The van der Waals surface area contributed by atoms with Crippen LogP contribution in [0.3, 0.4) is 0 Å². The fourth-order valence-corrected chi connectivity index (χ4v) is 7.34. The molecule has 6 atom stereocenters. The van der Waals surface area contributed by atoms with Gasteiger partial charge in [0.05, 0.1) is 29.8 Å². The predicted octanol–water partition coefficient (Wildman–Crippen LogP) is -0.584. The van der Waals surface area contributed by atoms with E-state index in [9.17, 15) is 39.0 Å². The van der Waals surface area contributed by atoms with Crippen molar-refractivity contribution < 1.29 is 43.4 Å². The molecule has 5 rings (SSSR count). The fraction of sp³-hybridized carbons (Fsp3) is 0.571. The number of primary amides is 1. The number of anilines is 1. The van der Waals surface area contributed by atoms with Crippen molar-refractivity contribution in [2.45, 2.75) is 44.9 Å². The number of nitrogens with one attached hydrogen (secondary N) is 1. The van der Waals surface area contributed by atoms with E-state index >= 15 is 4.39 Å². The van der Waals surface area contributed by atoms with Gasteiger partial charge in [-0.1, -0.05) is 13.8 Å². The molecule has 0 radical (unpaired) electrons. The molecule has 220 valence electrons. The number of fused-ring (bicyclic) bond motifs is 4. The minimum absolute atomic E-state index is 0.0103. The normalized spacial score (nSPS) is 31.8. The van der Waals surface area contributed by atoms with Gasteiger partial charge < -0.3 is 21.3 Å². The number of hydrogen-bond acceptors (Lipinski definition) is 10. The van der Waals surface area contributed by atoms with Gasteiger partial charge >= 0.3 is 0 Å². The van der Waals surface area contributed by atoms with Crippen molar-refractivity contribution >= 4 is 40.6 Å². The number of benzene rings is 1. The Hall–Kier alpha value is -3.55. The first kappa shape index (κ1) is 29.0. The summed E-state index contributed by atoms with van der Waals surface area (Å²) in [6.07, 6.45) is -0.381. The molecule has 0 aromatic heterocycles. The van der Waals surface area contributed by atoms with E-state index in [2.05, 4.69) is 5.32 Å². The highest BCUT2D eigenvalue weighted by Gasteiger charge is 2.69. The number of aromatic hydroxyl groups is 1. The van der Waals surface area contributed by atoms with Gasteiger partial charge in [0.1, 0.15) is 5.82 Å². The van der Waals surface area contributed by atoms with Gasteiger partial charge in [-0.3, -0.25) is 38.6 Å². The number of ketones is 4. The molecule has 2 amide bonds. The Morgan fingerprint density at radius 1 is 1.15 bits per heavy atom. The summed E-state index contributed by atoms with van der Waals surface area (Å²) >= 11 is 0. The zero-order valence-electron chi connectivity index (χ0n) is 23.2. The highest BCUT2D eigenvalue weighted by atomic mass is 19.1. The van der Waals surface area contributed by atoms with Crippen LogP contribution in [0.1, 0.15) is 41.8 Å². The van der Waals surface area contributed by atoms with Gasteiger partial charge in [-0.05, 0) is 38.8 Å². The summed E-state index contributed by atoms with van der Waals surface area (Å²) in [5, 5.41) is 25.3. The molecular weight excluding hydrogens is 539 g/mol. The number of carbonyl (C=O) groups is 6. The molecule has 41 heavy (non-hydrogen) atoms. The van der Waals surface area contributed by atoms with Gasteiger partial charge in [-0.25, -0.2) is 4.39 Å². The van der Waals surface area contributed by atoms with Gasteiger partial charge in [0.2, 0.25) is 11.8 Å². The smallest absolute Gasteiger partial charge is 0.238 e. The van der Waals surface area contributed by atoms with Crippen LogP contribution < -0.4 is 11.1 Å². The third-order valence-electron chi connectivity index (χ3n) is 8.90. The van der Waals surface area contributed by atoms with E-state index in [1.165, 1.54) is 19.0 Å². The molecule has 1 aromatic rings. The minimum atomic E-state index is -2.87. The Bertz CT molecular complexity index is 1420. The van der Waals surface area contributed by atoms with Gasteiger partial charge in [0.25, 0.3) is 0 Å². The molecule has 2 fully saturated rings. The maximum Gasteiger partial charge on any atom is 0.238 e. The number of nitrogens with two attached hydrogens (primary N) is 1. The van der Waals surface area contributed by atoms with Gasteiger partial charge in [-0.2, -0.15) is 0 Å². The molecule has 5 N–H and O–H groups in total. The number of nitrogens with zero attached hydrogens (tertiary/aromatic N) is 2. The molecule has 0 spiro atoms. The maximum absolute atomic E-state index is 16.2. The zero-order valence-corrected chi connectivity index (χ0v) is 23.2. The first-order valence-electron chi connectivity index (χ1n) is 13.5. The molecule has 2 saturated carbocycles. The van der Waals surface area contributed by atoms with Gasteiger partial charge in [0, 0.05) is 30.1 Å². The second-order valence-electron chi connectivity index (χ2n) is 12.3. The summed E-state index contributed by atoms with van der Waals surface area (Å²) in [5.41, 5.74) is 1.57. The molecule has 0 saturated heterocycles. The van der Waals surface area contributed by atoms with Crippen molar-refractivity contribution in [1.82, 2.24) is 9.80 Å². The summed E-state index contributed by atoms with van der Waals surface area (Å²) in [6, 6.07) is -1.25. The van der Waals surface area contributed by atoms with Crippen LogP contribution in [-0.2, 0) is 36.9 Å². The number of phenolic OH excluding ortho intramolecular Hbond substituents is 1. The number of likely N-dealkylation sites (N-methyl/N-ethyl adjacent to an activating group) is 1. The van der Waals surface area contributed by atoms with Crippen LogP contribution >= 0.6 is 0 Å². The van der Waals surface area contributed by atoms with Crippen LogP contribution in [0.4, 0.5) is 10.1 Å².